The number of thioether (sulfide) groups is 1. The molecule has 1 amide bonds. The summed E-state index contributed by atoms with van der Waals surface area (Å²) in [5.74, 6) is 0.0834. The van der Waals surface area contributed by atoms with Gasteiger partial charge in [0.25, 0.3) is 5.91 Å². The maximum absolute atomic E-state index is 13.1. The molecule has 0 fully saturated rings. The minimum Gasteiger partial charge on any atom is -0.378 e. The number of aryl methyl sites for hydroxylation is 1. The average molecular weight is 499 g/mol. The number of rotatable bonds is 8. The van der Waals surface area contributed by atoms with Crippen molar-refractivity contribution in [2.45, 2.75) is 17.6 Å². The molecule has 0 saturated heterocycles. The average Bonchev–Trinajstić information content (AvgIpc) is 3.52. The first-order valence-electron chi connectivity index (χ1n) is 11.0. The molecule has 180 valence electrons. The van der Waals surface area contributed by atoms with E-state index in [0.717, 1.165) is 26.8 Å². The first-order chi connectivity index (χ1) is 17.5. The molecule has 0 aliphatic rings. The van der Waals surface area contributed by atoms with Crippen LogP contribution in [0.2, 0.25) is 0 Å². The van der Waals surface area contributed by atoms with Gasteiger partial charge in [0.05, 0.1) is 11.4 Å². The van der Waals surface area contributed by atoms with Crippen LogP contribution in [-0.2, 0) is 5.75 Å². The number of nitrogen functional groups attached to an aromatic ring is 1. The SMILES string of the molecule is C=C(NNC(=O)c1nnn(-c2nonc2N)c1CSc1ccc(C)cc1)c1ccc2ccccc2c1. The van der Waals surface area contributed by atoms with Crippen molar-refractivity contribution in [2.24, 2.45) is 0 Å². The van der Waals surface area contributed by atoms with Gasteiger partial charge >= 0.3 is 0 Å². The Morgan fingerprint density at radius 3 is 2.58 bits per heavy atom. The highest BCUT2D eigenvalue weighted by atomic mass is 32.2. The first kappa shape index (κ1) is 23.1. The first-order valence-corrected chi connectivity index (χ1v) is 11.9. The number of anilines is 1. The standard InChI is InChI=1S/C25H22N8O2S/c1-15-7-11-20(12-8-15)36-14-21-22(28-32-33(21)24-23(26)30-35-31-24)25(34)29-27-16(2)18-10-9-17-5-3-4-6-19(17)13-18/h3-13,27H,2,14H2,1H3,(H2,26,30)(H,29,34). The number of fused-ring (bicyclic) bond motifs is 1. The Balaban J connectivity index is 1.35. The highest BCUT2D eigenvalue weighted by Crippen LogP contribution is 2.26. The highest BCUT2D eigenvalue weighted by molar-refractivity contribution is 7.98. The third kappa shape index (κ3) is 4.77. The van der Waals surface area contributed by atoms with Gasteiger partial charge in [0.1, 0.15) is 0 Å². The monoisotopic (exact) mass is 498 g/mol. The van der Waals surface area contributed by atoms with E-state index in [2.05, 4.69) is 38.1 Å². The van der Waals surface area contributed by atoms with E-state index in [1.54, 1.807) is 0 Å². The molecule has 5 rings (SSSR count). The minimum absolute atomic E-state index is 0.0382. The van der Waals surface area contributed by atoms with Crippen LogP contribution in [0.4, 0.5) is 5.82 Å². The van der Waals surface area contributed by atoms with Crippen molar-refractivity contribution in [1.82, 2.24) is 36.2 Å². The third-order valence-corrected chi connectivity index (χ3v) is 6.52. The number of hydrazine groups is 1. The predicted molar refractivity (Wildman–Crippen MR) is 138 cm³/mol. The van der Waals surface area contributed by atoms with Crippen LogP contribution in [0.25, 0.3) is 22.3 Å². The summed E-state index contributed by atoms with van der Waals surface area (Å²) in [5.41, 5.74) is 14.5. The molecule has 2 heterocycles. The third-order valence-electron chi connectivity index (χ3n) is 5.50. The largest absolute Gasteiger partial charge is 0.378 e. The number of amides is 1. The molecule has 10 nitrogen and oxygen atoms in total. The van der Waals surface area contributed by atoms with Gasteiger partial charge in [0.2, 0.25) is 11.6 Å². The Bertz CT molecular complexity index is 1560. The molecule has 11 heteroatoms. The zero-order valence-electron chi connectivity index (χ0n) is 19.3. The van der Waals surface area contributed by atoms with Crippen molar-refractivity contribution in [2.75, 3.05) is 5.73 Å². The van der Waals surface area contributed by atoms with Gasteiger partial charge in [-0.2, -0.15) is 4.68 Å². The zero-order valence-corrected chi connectivity index (χ0v) is 20.1. The maximum atomic E-state index is 13.1. The lowest BCUT2D eigenvalue weighted by Gasteiger charge is -2.12. The molecule has 4 N–H and O–H groups in total. The number of aromatic nitrogens is 5. The van der Waals surface area contributed by atoms with Crippen LogP contribution < -0.4 is 16.6 Å². The zero-order chi connectivity index (χ0) is 25.1. The van der Waals surface area contributed by atoms with Crippen molar-refractivity contribution < 1.29 is 9.42 Å². The molecule has 3 aromatic carbocycles. The van der Waals surface area contributed by atoms with Crippen LogP contribution in [0, 0.1) is 6.92 Å². The van der Waals surface area contributed by atoms with E-state index >= 15 is 0 Å². The van der Waals surface area contributed by atoms with Crippen LogP contribution in [0.15, 0.2) is 82.8 Å². The second kappa shape index (κ2) is 9.92. The normalized spacial score (nSPS) is 10.9. The Kier molecular flexibility index (Phi) is 6.37. The van der Waals surface area contributed by atoms with E-state index in [0.29, 0.717) is 17.1 Å². The Labute approximate surface area is 210 Å². The van der Waals surface area contributed by atoms with Crippen LogP contribution in [-0.4, -0.2) is 31.2 Å². The highest BCUT2D eigenvalue weighted by Gasteiger charge is 2.24. The van der Waals surface area contributed by atoms with Crippen molar-refractivity contribution in [3.05, 3.63) is 95.8 Å². The van der Waals surface area contributed by atoms with E-state index in [1.165, 1.54) is 16.4 Å². The molecular formula is C25H22N8O2S. The number of carbonyl (C=O) groups is 1. The number of benzene rings is 3. The summed E-state index contributed by atoms with van der Waals surface area (Å²) in [7, 11) is 0. The van der Waals surface area contributed by atoms with Crippen LogP contribution in [0.5, 0.6) is 0 Å². The van der Waals surface area contributed by atoms with Crippen molar-refractivity contribution in [3.8, 4) is 5.82 Å². The molecule has 0 aliphatic heterocycles. The summed E-state index contributed by atoms with van der Waals surface area (Å²) in [5, 5.41) is 17.8. The Morgan fingerprint density at radius 1 is 1.06 bits per heavy atom. The second-order valence-electron chi connectivity index (χ2n) is 7.99. The summed E-state index contributed by atoms with van der Waals surface area (Å²) >= 11 is 1.52. The topological polar surface area (TPSA) is 137 Å². The number of hydrogen-bond acceptors (Lipinski definition) is 9. The number of nitrogens with zero attached hydrogens (tertiary/aromatic N) is 5. The molecule has 0 saturated carbocycles. The van der Waals surface area contributed by atoms with E-state index in [1.807, 2.05) is 73.7 Å². The molecule has 0 spiro atoms. The van der Waals surface area contributed by atoms with Crippen LogP contribution in [0.3, 0.4) is 0 Å². The second-order valence-corrected chi connectivity index (χ2v) is 9.04. The van der Waals surface area contributed by atoms with Gasteiger partial charge in [-0.15, -0.1) is 16.9 Å². The summed E-state index contributed by atoms with van der Waals surface area (Å²) < 4.78 is 6.08. The fraction of sp³-hybridized carbons (Fsp3) is 0.0800. The van der Waals surface area contributed by atoms with E-state index < -0.39 is 5.91 Å². The van der Waals surface area contributed by atoms with Crippen LogP contribution >= 0.6 is 11.8 Å². The van der Waals surface area contributed by atoms with Crippen molar-refractivity contribution in [3.63, 3.8) is 0 Å². The van der Waals surface area contributed by atoms with E-state index in [4.69, 9.17) is 10.4 Å². The van der Waals surface area contributed by atoms with E-state index in [-0.39, 0.29) is 17.3 Å². The lowest BCUT2D eigenvalue weighted by atomic mass is 10.1. The van der Waals surface area contributed by atoms with Gasteiger partial charge in [-0.05, 0) is 51.8 Å². The van der Waals surface area contributed by atoms with Gasteiger partial charge < -0.3 is 5.73 Å². The molecule has 36 heavy (non-hydrogen) atoms. The lowest BCUT2D eigenvalue weighted by Crippen LogP contribution is -2.36. The van der Waals surface area contributed by atoms with Crippen molar-refractivity contribution >= 4 is 40.0 Å². The van der Waals surface area contributed by atoms with Crippen LogP contribution in [0.1, 0.15) is 27.3 Å². The number of nitrogens with one attached hydrogen (secondary N) is 2. The summed E-state index contributed by atoms with van der Waals surface area (Å²) in [6.07, 6.45) is 0. The fourth-order valence-corrected chi connectivity index (χ4v) is 4.43. The molecule has 2 aromatic heterocycles. The lowest BCUT2D eigenvalue weighted by molar-refractivity contribution is 0.0936. The van der Waals surface area contributed by atoms with Crippen molar-refractivity contribution in [1.29, 1.82) is 0 Å². The molecule has 0 aliphatic carbocycles. The van der Waals surface area contributed by atoms with Gasteiger partial charge in [-0.3, -0.25) is 15.6 Å². The molecule has 0 unspecified atom stereocenters. The summed E-state index contributed by atoms with van der Waals surface area (Å²) in [4.78, 5) is 14.1. The smallest absolute Gasteiger partial charge is 0.292 e. The quantitative estimate of drug-likeness (QED) is 0.215. The Hall–Kier alpha value is -4.64. The molecular weight excluding hydrogens is 476 g/mol. The summed E-state index contributed by atoms with van der Waals surface area (Å²) in [6, 6.07) is 22.0. The molecule has 0 radical (unpaired) electrons. The minimum atomic E-state index is -0.488. The number of carbonyl (C=O) groups excluding carboxylic acids is 1. The van der Waals surface area contributed by atoms with Gasteiger partial charge in [0.15, 0.2) is 5.69 Å². The Morgan fingerprint density at radius 2 is 1.83 bits per heavy atom. The fourth-order valence-electron chi connectivity index (χ4n) is 3.54. The van der Waals surface area contributed by atoms with Gasteiger partial charge in [-0.1, -0.05) is 65.9 Å². The number of hydrogen-bond donors (Lipinski definition) is 3. The van der Waals surface area contributed by atoms with E-state index in [9.17, 15) is 4.79 Å². The van der Waals surface area contributed by atoms with Gasteiger partial charge in [-0.25, -0.2) is 4.63 Å². The number of nitrogens with two attached hydrogens (primary N) is 1. The maximum Gasteiger partial charge on any atom is 0.292 e. The summed E-state index contributed by atoms with van der Waals surface area (Å²) in [6.45, 7) is 6.06. The molecule has 0 bridgehead atoms. The van der Waals surface area contributed by atoms with Gasteiger partial charge in [0, 0.05) is 10.6 Å². The molecule has 5 aromatic rings. The molecule has 0 atom stereocenters. The predicted octanol–water partition coefficient (Wildman–Crippen LogP) is 3.89.